The molecule has 3 nitrogen and oxygen atoms in total. The van der Waals surface area contributed by atoms with Crippen LogP contribution in [0.2, 0.25) is 5.02 Å². The van der Waals surface area contributed by atoms with Crippen molar-refractivity contribution in [1.29, 1.82) is 0 Å². The van der Waals surface area contributed by atoms with E-state index in [2.05, 4.69) is 0 Å². The second-order valence-electron chi connectivity index (χ2n) is 3.51. The molecule has 1 aliphatic heterocycles. The number of halogens is 1. The SMILES string of the molecule is CC1(C)OC(=O)c2cccc(Cl)c2O1. The number of carbonyl (C=O) groups is 1. The van der Waals surface area contributed by atoms with Crippen LogP contribution in [0.4, 0.5) is 0 Å². The average molecular weight is 213 g/mol. The molecule has 0 atom stereocenters. The van der Waals surface area contributed by atoms with Gasteiger partial charge in [0.2, 0.25) is 5.79 Å². The molecule has 0 amide bonds. The third kappa shape index (κ3) is 1.44. The smallest absolute Gasteiger partial charge is 0.345 e. The summed E-state index contributed by atoms with van der Waals surface area (Å²) in [6, 6.07) is 4.98. The van der Waals surface area contributed by atoms with E-state index in [0.717, 1.165) is 0 Å². The van der Waals surface area contributed by atoms with Crippen LogP contribution in [0.1, 0.15) is 24.2 Å². The lowest BCUT2D eigenvalue weighted by atomic mass is 10.1. The molecule has 74 valence electrons. The quantitative estimate of drug-likeness (QED) is 0.621. The highest BCUT2D eigenvalue weighted by molar-refractivity contribution is 6.32. The number of carbonyl (C=O) groups excluding carboxylic acids is 1. The molecular weight excluding hydrogens is 204 g/mol. The summed E-state index contributed by atoms with van der Waals surface area (Å²) in [6.45, 7) is 3.33. The van der Waals surface area contributed by atoms with Gasteiger partial charge in [-0.15, -0.1) is 0 Å². The van der Waals surface area contributed by atoms with E-state index in [4.69, 9.17) is 21.1 Å². The van der Waals surface area contributed by atoms with Crippen molar-refractivity contribution < 1.29 is 14.3 Å². The molecular formula is C10H9ClO3. The summed E-state index contributed by atoms with van der Waals surface area (Å²) in [5, 5.41) is 0.423. The molecule has 1 heterocycles. The number of rotatable bonds is 0. The van der Waals surface area contributed by atoms with E-state index in [-0.39, 0.29) is 0 Å². The van der Waals surface area contributed by atoms with Gasteiger partial charge < -0.3 is 9.47 Å². The lowest BCUT2D eigenvalue weighted by molar-refractivity contribution is -0.127. The van der Waals surface area contributed by atoms with Gasteiger partial charge in [0.1, 0.15) is 5.56 Å². The predicted octanol–water partition coefficient (Wildman–Crippen LogP) is 2.63. The lowest BCUT2D eigenvalue weighted by Crippen LogP contribution is -2.38. The Morgan fingerprint density at radius 3 is 2.71 bits per heavy atom. The van der Waals surface area contributed by atoms with Crippen molar-refractivity contribution in [2.45, 2.75) is 19.6 Å². The number of benzene rings is 1. The fourth-order valence-corrected chi connectivity index (χ4v) is 1.53. The summed E-state index contributed by atoms with van der Waals surface area (Å²) in [4.78, 5) is 11.5. The fraction of sp³-hybridized carbons (Fsp3) is 0.300. The van der Waals surface area contributed by atoms with Crippen LogP contribution in [0.15, 0.2) is 18.2 Å². The van der Waals surface area contributed by atoms with Gasteiger partial charge in [0.05, 0.1) is 5.02 Å². The van der Waals surface area contributed by atoms with Crippen molar-refractivity contribution in [2.24, 2.45) is 0 Å². The van der Waals surface area contributed by atoms with Crippen molar-refractivity contribution in [3.63, 3.8) is 0 Å². The van der Waals surface area contributed by atoms with Crippen LogP contribution >= 0.6 is 11.6 Å². The number of cyclic esters (lactones) is 1. The van der Waals surface area contributed by atoms with Gasteiger partial charge in [-0.1, -0.05) is 17.7 Å². The molecule has 1 aromatic rings. The van der Waals surface area contributed by atoms with E-state index in [1.165, 1.54) is 0 Å². The van der Waals surface area contributed by atoms with Gasteiger partial charge in [-0.3, -0.25) is 0 Å². The molecule has 2 rings (SSSR count). The molecule has 0 spiro atoms. The van der Waals surface area contributed by atoms with Crippen molar-refractivity contribution in [1.82, 2.24) is 0 Å². The number of esters is 1. The predicted molar refractivity (Wildman–Crippen MR) is 51.6 cm³/mol. The normalized spacial score (nSPS) is 18.1. The molecule has 1 aromatic carbocycles. The first-order valence-electron chi connectivity index (χ1n) is 4.20. The minimum atomic E-state index is -0.949. The van der Waals surface area contributed by atoms with Crippen LogP contribution in [0.25, 0.3) is 0 Å². The van der Waals surface area contributed by atoms with Crippen LogP contribution in [-0.4, -0.2) is 11.8 Å². The maximum Gasteiger partial charge on any atom is 0.345 e. The summed E-state index contributed by atoms with van der Waals surface area (Å²) >= 11 is 5.90. The Bertz CT molecular complexity index is 398. The molecule has 0 bridgehead atoms. The molecule has 0 saturated carbocycles. The molecule has 0 saturated heterocycles. The van der Waals surface area contributed by atoms with Crippen molar-refractivity contribution >= 4 is 17.6 Å². The summed E-state index contributed by atoms with van der Waals surface area (Å²) in [5.41, 5.74) is 0.372. The topological polar surface area (TPSA) is 35.5 Å². The molecule has 14 heavy (non-hydrogen) atoms. The van der Waals surface area contributed by atoms with Gasteiger partial charge in [0, 0.05) is 13.8 Å². The number of hydrogen-bond donors (Lipinski definition) is 0. The highest BCUT2D eigenvalue weighted by Crippen LogP contribution is 2.36. The summed E-state index contributed by atoms with van der Waals surface area (Å²) in [6.07, 6.45) is 0. The van der Waals surface area contributed by atoms with Gasteiger partial charge in [-0.2, -0.15) is 0 Å². The minimum absolute atomic E-state index is 0.372. The largest absolute Gasteiger partial charge is 0.450 e. The zero-order chi connectivity index (χ0) is 10.3. The number of para-hydroxylation sites is 1. The van der Waals surface area contributed by atoms with E-state index in [9.17, 15) is 4.79 Å². The lowest BCUT2D eigenvalue weighted by Gasteiger charge is -2.31. The van der Waals surface area contributed by atoms with E-state index in [0.29, 0.717) is 16.3 Å². The zero-order valence-corrected chi connectivity index (χ0v) is 8.59. The van der Waals surface area contributed by atoms with Gasteiger partial charge >= 0.3 is 5.97 Å². The van der Waals surface area contributed by atoms with Crippen molar-refractivity contribution in [2.75, 3.05) is 0 Å². The molecule has 0 unspecified atom stereocenters. The monoisotopic (exact) mass is 212 g/mol. The number of ether oxygens (including phenoxy) is 2. The van der Waals surface area contributed by atoms with E-state index < -0.39 is 11.8 Å². The Morgan fingerprint density at radius 2 is 2.00 bits per heavy atom. The van der Waals surface area contributed by atoms with Crippen LogP contribution < -0.4 is 4.74 Å². The second kappa shape index (κ2) is 2.89. The highest BCUT2D eigenvalue weighted by atomic mass is 35.5. The standard InChI is InChI=1S/C10H9ClO3/c1-10(2)13-8-6(9(12)14-10)4-3-5-7(8)11/h3-5H,1-2H3. The summed E-state index contributed by atoms with van der Waals surface area (Å²) in [5.74, 6) is -0.955. The molecule has 0 aromatic heterocycles. The third-order valence-corrected chi connectivity index (χ3v) is 2.17. The van der Waals surface area contributed by atoms with Gasteiger partial charge in [0.15, 0.2) is 5.75 Å². The molecule has 0 N–H and O–H groups in total. The third-order valence-electron chi connectivity index (χ3n) is 1.87. The molecule has 1 aliphatic rings. The van der Waals surface area contributed by atoms with E-state index >= 15 is 0 Å². The maximum absolute atomic E-state index is 11.5. The molecule has 0 radical (unpaired) electrons. The Kier molecular flexibility index (Phi) is 1.93. The van der Waals surface area contributed by atoms with Crippen LogP contribution in [0, 0.1) is 0 Å². The molecule has 0 fully saturated rings. The maximum atomic E-state index is 11.5. The Morgan fingerprint density at radius 1 is 1.29 bits per heavy atom. The number of fused-ring (bicyclic) bond motifs is 1. The Hall–Kier alpha value is -1.22. The molecule has 4 heteroatoms. The van der Waals surface area contributed by atoms with Crippen LogP contribution in [-0.2, 0) is 4.74 Å². The van der Waals surface area contributed by atoms with Gasteiger partial charge in [0.25, 0.3) is 0 Å². The Labute approximate surface area is 86.6 Å². The van der Waals surface area contributed by atoms with E-state index in [1.54, 1.807) is 32.0 Å². The van der Waals surface area contributed by atoms with Crippen LogP contribution in [0.5, 0.6) is 5.75 Å². The zero-order valence-electron chi connectivity index (χ0n) is 7.83. The highest BCUT2D eigenvalue weighted by Gasteiger charge is 2.34. The summed E-state index contributed by atoms with van der Waals surface area (Å²) < 4.78 is 10.5. The second-order valence-corrected chi connectivity index (χ2v) is 3.92. The molecule has 0 aliphatic carbocycles. The van der Waals surface area contributed by atoms with E-state index in [1.807, 2.05) is 0 Å². The van der Waals surface area contributed by atoms with Crippen molar-refractivity contribution in [3.05, 3.63) is 28.8 Å². The fourth-order valence-electron chi connectivity index (χ4n) is 1.32. The van der Waals surface area contributed by atoms with Gasteiger partial charge in [-0.25, -0.2) is 4.79 Å². The van der Waals surface area contributed by atoms with Crippen LogP contribution in [0.3, 0.4) is 0 Å². The minimum Gasteiger partial charge on any atom is -0.450 e. The van der Waals surface area contributed by atoms with Crippen molar-refractivity contribution in [3.8, 4) is 5.75 Å². The summed E-state index contributed by atoms with van der Waals surface area (Å²) in [7, 11) is 0. The Balaban J connectivity index is 2.56. The first-order chi connectivity index (χ1) is 6.49. The first kappa shape index (κ1) is 9.34. The van der Waals surface area contributed by atoms with Gasteiger partial charge in [-0.05, 0) is 12.1 Å². The average Bonchev–Trinajstić information content (AvgIpc) is 2.05. The first-order valence-corrected chi connectivity index (χ1v) is 4.58. The number of hydrogen-bond acceptors (Lipinski definition) is 3.